The van der Waals surface area contributed by atoms with Gasteiger partial charge >= 0.3 is 24.1 Å². The van der Waals surface area contributed by atoms with Crippen molar-refractivity contribution in [3.8, 4) is 0 Å². The Morgan fingerprint density at radius 2 is 0.721 bits per heavy atom. The Balaban J connectivity index is 1.11. The third-order valence-electron chi connectivity index (χ3n) is 11.2. The number of nitrogens with zero attached hydrogens (tertiary/aromatic N) is 2. The molecule has 2 heterocycles. The second kappa shape index (κ2) is 19.2. The molecule has 0 aromatic heterocycles. The maximum absolute atomic E-state index is 14.5. The number of esters is 2. The van der Waals surface area contributed by atoms with E-state index in [0.29, 0.717) is 0 Å². The Kier molecular flexibility index (Phi) is 12.8. The second-order valence-corrected chi connectivity index (χ2v) is 15.1. The van der Waals surface area contributed by atoms with Gasteiger partial charge < -0.3 is 18.9 Å². The van der Waals surface area contributed by atoms with Crippen LogP contribution in [-0.4, -0.2) is 46.0 Å². The van der Waals surface area contributed by atoms with Gasteiger partial charge in [0, 0.05) is 0 Å². The molecule has 0 spiro atoms. The van der Waals surface area contributed by atoms with Gasteiger partial charge in [-0.25, -0.2) is 19.2 Å². The summed E-state index contributed by atoms with van der Waals surface area (Å²) >= 11 is 0. The van der Waals surface area contributed by atoms with Crippen LogP contribution in [0.5, 0.6) is 0 Å². The highest BCUT2D eigenvalue weighted by atomic mass is 16.6. The monoisotopic (exact) mass is 814 g/mol. The van der Waals surface area contributed by atoms with Crippen molar-refractivity contribution in [2.45, 2.75) is 68.9 Å². The van der Waals surface area contributed by atoms with E-state index in [2.05, 4.69) is 0 Å². The number of benzene rings is 6. The topological polar surface area (TPSA) is 112 Å². The molecule has 8 rings (SSSR count). The van der Waals surface area contributed by atoms with E-state index >= 15 is 0 Å². The number of hydrogen-bond donors (Lipinski definition) is 0. The minimum absolute atomic E-state index is 0.00707. The van der Waals surface area contributed by atoms with Gasteiger partial charge in [-0.3, -0.25) is 9.80 Å². The minimum atomic E-state index is -1.09. The normalized spacial score (nSPS) is 21.2. The Bertz CT molecular complexity index is 2200. The van der Waals surface area contributed by atoms with Crippen LogP contribution in [0.2, 0.25) is 0 Å². The summed E-state index contributed by atoms with van der Waals surface area (Å²) in [6, 6.07) is 52.6. The van der Waals surface area contributed by atoms with Crippen molar-refractivity contribution in [3.63, 3.8) is 0 Å². The molecule has 0 bridgehead atoms. The van der Waals surface area contributed by atoms with Crippen molar-refractivity contribution in [1.29, 1.82) is 0 Å². The van der Waals surface area contributed by atoms with Crippen LogP contribution in [0.3, 0.4) is 0 Å². The number of hydrogen-bond acceptors (Lipinski definition) is 8. The fourth-order valence-electron chi connectivity index (χ4n) is 8.29. The average Bonchev–Trinajstić information content (AvgIpc) is 3.32. The summed E-state index contributed by atoms with van der Waals surface area (Å²) in [5.74, 6) is -1.20. The summed E-state index contributed by atoms with van der Waals surface area (Å²) in [7, 11) is 0. The Hall–Kier alpha value is -7.20. The van der Waals surface area contributed by atoms with Crippen LogP contribution in [0.25, 0.3) is 0 Å². The third-order valence-corrected chi connectivity index (χ3v) is 11.2. The van der Waals surface area contributed by atoms with Crippen LogP contribution in [0.1, 0.15) is 76.9 Å². The molecular weight excluding hydrogens is 769 g/mol. The molecule has 2 aliphatic rings. The largest absolute Gasteiger partial charge is 0.453 e. The van der Waals surface area contributed by atoms with Crippen LogP contribution in [0.4, 0.5) is 9.59 Å². The number of amides is 2. The van der Waals surface area contributed by atoms with E-state index < -0.39 is 60.5 Å². The van der Waals surface area contributed by atoms with Gasteiger partial charge in [-0.05, 0) is 52.6 Å². The molecule has 2 fully saturated rings. The van der Waals surface area contributed by atoms with Crippen LogP contribution in [0, 0.1) is 0 Å². The van der Waals surface area contributed by atoms with Crippen LogP contribution < -0.4 is 0 Å². The number of rotatable bonds is 12. The van der Waals surface area contributed by atoms with Gasteiger partial charge in [-0.15, -0.1) is 0 Å². The highest BCUT2D eigenvalue weighted by Gasteiger charge is 2.50. The summed E-state index contributed by atoms with van der Waals surface area (Å²) < 4.78 is 24.5. The first-order valence-electron chi connectivity index (χ1n) is 20.5. The van der Waals surface area contributed by atoms with Crippen LogP contribution in [0.15, 0.2) is 182 Å². The molecule has 61 heavy (non-hydrogen) atoms. The van der Waals surface area contributed by atoms with E-state index in [9.17, 15) is 19.2 Å². The van der Waals surface area contributed by atoms with Gasteiger partial charge in [0.15, 0.2) is 12.2 Å². The molecule has 10 nitrogen and oxygen atoms in total. The Labute approximate surface area is 355 Å². The number of carbonyl (C=O) groups excluding carboxylic acids is 4. The lowest BCUT2D eigenvalue weighted by Crippen LogP contribution is -2.55. The molecule has 6 aromatic rings. The predicted octanol–water partition coefficient (Wildman–Crippen LogP) is 10.3. The van der Waals surface area contributed by atoms with Crippen molar-refractivity contribution >= 4 is 24.1 Å². The maximum Gasteiger partial charge on any atom is 0.411 e. The quantitative estimate of drug-likeness (QED) is 0.0887. The van der Waals surface area contributed by atoms with Gasteiger partial charge in [0.1, 0.15) is 37.4 Å². The minimum Gasteiger partial charge on any atom is -0.453 e. The summed E-state index contributed by atoms with van der Waals surface area (Å²) in [6.45, 7) is -0.0141. The zero-order chi connectivity index (χ0) is 42.0. The summed E-state index contributed by atoms with van der Waals surface area (Å²) in [5.41, 5.74) is 4.54. The number of ether oxygens (including phenoxy) is 4. The molecule has 10 heteroatoms. The highest BCUT2D eigenvalue weighted by molar-refractivity contribution is 5.85. The molecule has 2 aliphatic heterocycles. The fraction of sp³-hybridized carbons (Fsp3) is 0.216. The molecule has 0 N–H and O–H groups in total. The Morgan fingerprint density at radius 1 is 0.426 bits per heavy atom. The lowest BCUT2D eigenvalue weighted by Gasteiger charge is -2.46. The third kappa shape index (κ3) is 9.34. The number of morpholine rings is 2. The van der Waals surface area contributed by atoms with E-state index in [1.807, 2.05) is 182 Å². The standard InChI is InChI=1S/C51H46N2O8/c54-48-42(52(50(56)58-34-36-20-7-1-8-21-36)44(38-24-11-3-12-25-38)46(60-48)40-28-15-5-16-29-40)32-19-33-43-49(55)61-47(41-30-17-6-18-31-41)45(39-26-13-4-14-27-39)53(43)51(57)59-35-37-22-9-2-10-23-37/h1-18,20-31,42-47H,19,32-35H2/t42-,43-,44-,45-,46+,47+/m1/s1. The van der Waals surface area contributed by atoms with E-state index in [-0.39, 0.29) is 32.5 Å². The van der Waals surface area contributed by atoms with Crippen molar-refractivity contribution in [1.82, 2.24) is 9.80 Å². The molecule has 6 atom stereocenters. The highest BCUT2D eigenvalue weighted by Crippen LogP contribution is 2.46. The summed E-state index contributed by atoms with van der Waals surface area (Å²) in [6.07, 6.45) is -2.61. The molecule has 308 valence electrons. The fourth-order valence-corrected chi connectivity index (χ4v) is 8.29. The van der Waals surface area contributed by atoms with Crippen molar-refractivity contribution < 1.29 is 38.1 Å². The van der Waals surface area contributed by atoms with Gasteiger partial charge in [-0.2, -0.15) is 0 Å². The first kappa shape index (κ1) is 40.6. The molecule has 0 unspecified atom stereocenters. The van der Waals surface area contributed by atoms with Gasteiger partial charge in [-0.1, -0.05) is 182 Å². The molecule has 2 saturated heterocycles. The van der Waals surface area contributed by atoms with Crippen LogP contribution in [-0.2, 0) is 41.8 Å². The molecule has 0 radical (unpaired) electrons. The average molecular weight is 815 g/mol. The smallest absolute Gasteiger partial charge is 0.411 e. The van der Waals surface area contributed by atoms with Crippen molar-refractivity contribution in [3.05, 3.63) is 215 Å². The van der Waals surface area contributed by atoms with E-state index in [4.69, 9.17) is 18.9 Å². The number of cyclic esters (lactones) is 2. The van der Waals surface area contributed by atoms with E-state index in [0.717, 1.165) is 33.4 Å². The molecule has 6 aromatic carbocycles. The van der Waals surface area contributed by atoms with Gasteiger partial charge in [0.25, 0.3) is 0 Å². The second-order valence-electron chi connectivity index (χ2n) is 15.1. The Morgan fingerprint density at radius 3 is 1.05 bits per heavy atom. The molecular formula is C51H46N2O8. The first-order valence-corrected chi connectivity index (χ1v) is 20.5. The van der Waals surface area contributed by atoms with Gasteiger partial charge in [0.2, 0.25) is 0 Å². The molecule has 0 aliphatic carbocycles. The van der Waals surface area contributed by atoms with Crippen molar-refractivity contribution in [2.24, 2.45) is 0 Å². The van der Waals surface area contributed by atoms with E-state index in [1.165, 1.54) is 9.80 Å². The zero-order valence-electron chi connectivity index (χ0n) is 33.5. The first-order chi connectivity index (χ1) is 30.0. The van der Waals surface area contributed by atoms with E-state index in [1.54, 1.807) is 0 Å². The zero-order valence-corrected chi connectivity index (χ0v) is 33.5. The van der Waals surface area contributed by atoms with Crippen molar-refractivity contribution in [2.75, 3.05) is 0 Å². The van der Waals surface area contributed by atoms with Crippen LogP contribution >= 0.6 is 0 Å². The predicted molar refractivity (Wildman–Crippen MR) is 227 cm³/mol. The SMILES string of the molecule is O=C1O[C@@H](c2ccccc2)[C@@H](c2ccccc2)N(C(=O)OCc2ccccc2)[C@@H]1CCC[C@@H]1C(=O)O[C@@H](c2ccccc2)[C@@H](c2ccccc2)N1C(=O)OCc1ccccc1. The summed E-state index contributed by atoms with van der Waals surface area (Å²) in [4.78, 5) is 60.4. The molecule has 0 saturated carbocycles. The molecule has 2 amide bonds. The lowest BCUT2D eigenvalue weighted by atomic mass is 9.89. The summed E-state index contributed by atoms with van der Waals surface area (Å²) in [5, 5.41) is 0. The lowest BCUT2D eigenvalue weighted by molar-refractivity contribution is -0.175. The number of carbonyl (C=O) groups is 4. The maximum atomic E-state index is 14.5. The van der Waals surface area contributed by atoms with Gasteiger partial charge in [0.05, 0.1) is 0 Å².